The molecule has 3 rings (SSSR count). The molecule has 2 bridgehead atoms. The quantitative estimate of drug-likeness (QED) is 0.262. The number of nitrogens with two attached hydrogens (primary N) is 1. The fraction of sp³-hybridized carbons (Fsp3) is 0.923. The summed E-state index contributed by atoms with van der Waals surface area (Å²) in [7, 11) is 0. The Bertz CT molecular complexity index is 261. The molecule has 3 aliphatic rings. The number of fused-ring (bicyclic) bond motifs is 3. The van der Waals surface area contributed by atoms with Crippen LogP contribution in [-0.2, 0) is 0 Å². The fourth-order valence-electron chi connectivity index (χ4n) is 3.61. The standard InChI is InChI=1S/C13H28N4/c1-13(2)17-9-6-16(7-10-17,8-11-17)5-3-4-15-12-14/h12-13H,3-11H2,1-2H3,(H2,14,15)/q+2/p+1. The minimum Gasteiger partial charge on any atom is -0.310 e. The number of nitrogens with one attached hydrogen (secondary N) is 1. The highest BCUT2D eigenvalue weighted by molar-refractivity contribution is 5.42. The summed E-state index contributed by atoms with van der Waals surface area (Å²) in [5.74, 6) is 0. The van der Waals surface area contributed by atoms with Crippen LogP contribution in [0.2, 0.25) is 0 Å². The van der Waals surface area contributed by atoms with Gasteiger partial charge in [0.25, 0.3) is 0 Å². The molecule has 4 nitrogen and oxygen atoms in total. The van der Waals surface area contributed by atoms with Crippen molar-refractivity contribution in [1.82, 2.24) is 0 Å². The number of piperazine rings is 3. The van der Waals surface area contributed by atoms with E-state index in [4.69, 9.17) is 5.73 Å². The molecular formula is C13H29N4+3. The maximum atomic E-state index is 5.33. The summed E-state index contributed by atoms with van der Waals surface area (Å²) in [6, 6.07) is 0.811. The molecule has 3 N–H and O–H groups in total. The molecule has 0 aromatic rings. The maximum absolute atomic E-state index is 5.33. The van der Waals surface area contributed by atoms with Crippen molar-refractivity contribution in [3.05, 3.63) is 0 Å². The molecule has 3 heterocycles. The van der Waals surface area contributed by atoms with Gasteiger partial charge in [-0.3, -0.25) is 10.7 Å². The Balaban J connectivity index is 1.86. The predicted octanol–water partition coefficient (Wildman–Crippen LogP) is -1.49. The van der Waals surface area contributed by atoms with E-state index in [1.165, 1.54) is 61.2 Å². The molecule has 0 spiro atoms. The average Bonchev–Trinajstić information content (AvgIpc) is 2.37. The normalized spacial score (nSPS) is 37.1. The molecule has 3 saturated heterocycles. The van der Waals surface area contributed by atoms with Gasteiger partial charge < -0.3 is 8.97 Å². The molecule has 3 fully saturated rings. The zero-order valence-corrected chi connectivity index (χ0v) is 11.5. The average molecular weight is 241 g/mol. The molecule has 0 atom stereocenters. The second kappa shape index (κ2) is 4.94. The van der Waals surface area contributed by atoms with Gasteiger partial charge in [0.1, 0.15) is 39.3 Å². The highest BCUT2D eigenvalue weighted by atomic mass is 15.5. The van der Waals surface area contributed by atoms with E-state index in [1.54, 1.807) is 6.34 Å². The van der Waals surface area contributed by atoms with E-state index in [2.05, 4.69) is 18.8 Å². The van der Waals surface area contributed by atoms with Gasteiger partial charge in [0.05, 0.1) is 19.1 Å². The zero-order chi connectivity index (χ0) is 12.4. The van der Waals surface area contributed by atoms with Crippen LogP contribution >= 0.6 is 0 Å². The summed E-state index contributed by atoms with van der Waals surface area (Å²) in [5.41, 5.74) is 5.33. The Kier molecular flexibility index (Phi) is 3.73. The van der Waals surface area contributed by atoms with E-state index in [0.29, 0.717) is 0 Å². The van der Waals surface area contributed by atoms with Crippen molar-refractivity contribution in [2.24, 2.45) is 5.73 Å². The molecule has 17 heavy (non-hydrogen) atoms. The lowest BCUT2D eigenvalue weighted by molar-refractivity contribution is -1.09. The molecule has 4 heteroatoms. The Morgan fingerprint density at radius 3 is 2.18 bits per heavy atom. The van der Waals surface area contributed by atoms with Gasteiger partial charge in [-0.1, -0.05) is 0 Å². The smallest absolute Gasteiger partial charge is 0.227 e. The number of quaternary nitrogens is 2. The third-order valence-corrected chi connectivity index (χ3v) is 5.23. The zero-order valence-electron chi connectivity index (χ0n) is 11.5. The van der Waals surface area contributed by atoms with Crippen LogP contribution in [-0.4, -0.2) is 73.7 Å². The van der Waals surface area contributed by atoms with Crippen molar-refractivity contribution >= 4 is 6.34 Å². The largest absolute Gasteiger partial charge is 0.310 e. The van der Waals surface area contributed by atoms with Crippen molar-refractivity contribution in [2.75, 3.05) is 52.4 Å². The highest BCUT2D eigenvalue weighted by Crippen LogP contribution is 2.29. The van der Waals surface area contributed by atoms with Crippen molar-refractivity contribution < 1.29 is 14.0 Å². The van der Waals surface area contributed by atoms with Gasteiger partial charge in [0.15, 0.2) is 0 Å². The van der Waals surface area contributed by atoms with Gasteiger partial charge in [-0.25, -0.2) is 0 Å². The molecule has 0 aromatic carbocycles. The van der Waals surface area contributed by atoms with E-state index in [9.17, 15) is 0 Å². The molecule has 0 saturated carbocycles. The van der Waals surface area contributed by atoms with Gasteiger partial charge in [0, 0.05) is 6.42 Å². The monoisotopic (exact) mass is 241 g/mol. The Labute approximate surface area is 105 Å². The van der Waals surface area contributed by atoms with Gasteiger partial charge in [0.2, 0.25) is 6.34 Å². The molecule has 0 unspecified atom stereocenters. The number of nitrogens with zero attached hydrogens (tertiary/aromatic N) is 2. The molecule has 3 aliphatic heterocycles. The molecule has 0 amide bonds. The summed E-state index contributed by atoms with van der Waals surface area (Å²) in [4.78, 5) is 3.11. The van der Waals surface area contributed by atoms with Gasteiger partial charge >= 0.3 is 0 Å². The number of hydrogen-bond acceptors (Lipinski definition) is 0. The second-order valence-corrected chi connectivity index (χ2v) is 6.19. The van der Waals surface area contributed by atoms with Crippen LogP contribution in [0.3, 0.4) is 0 Å². The second-order valence-electron chi connectivity index (χ2n) is 6.19. The van der Waals surface area contributed by atoms with Crippen molar-refractivity contribution in [2.45, 2.75) is 26.3 Å². The Morgan fingerprint density at radius 1 is 1.12 bits per heavy atom. The van der Waals surface area contributed by atoms with Crippen molar-refractivity contribution in [1.29, 1.82) is 0 Å². The van der Waals surface area contributed by atoms with Crippen molar-refractivity contribution in [3.8, 4) is 0 Å². The van der Waals surface area contributed by atoms with Gasteiger partial charge in [-0.05, 0) is 13.8 Å². The Hall–Kier alpha value is -0.610. The van der Waals surface area contributed by atoms with Crippen LogP contribution in [0.25, 0.3) is 0 Å². The van der Waals surface area contributed by atoms with E-state index in [1.807, 2.05) is 0 Å². The minimum atomic E-state index is 0.811. The minimum absolute atomic E-state index is 0.811. The van der Waals surface area contributed by atoms with Gasteiger partial charge in [-0.2, -0.15) is 0 Å². The topological polar surface area (TPSA) is 40.0 Å². The third kappa shape index (κ3) is 2.47. The first-order valence-corrected chi connectivity index (χ1v) is 7.10. The van der Waals surface area contributed by atoms with E-state index < -0.39 is 0 Å². The first-order valence-electron chi connectivity index (χ1n) is 7.10. The first-order chi connectivity index (χ1) is 8.13. The first kappa shape index (κ1) is 12.8. The number of rotatable bonds is 5. The van der Waals surface area contributed by atoms with E-state index >= 15 is 0 Å². The SMILES string of the molecule is CC(C)[N+]12CC[N+](CCC[NH+]=CN)(CC1)CC2. The molecule has 98 valence electrons. The number of hydrogen-bond donors (Lipinski definition) is 2. The summed E-state index contributed by atoms with van der Waals surface area (Å²) in [5, 5.41) is 0. The summed E-state index contributed by atoms with van der Waals surface area (Å²) in [6.45, 7) is 15.5. The Morgan fingerprint density at radius 2 is 1.71 bits per heavy atom. The molecule has 0 aliphatic carbocycles. The highest BCUT2D eigenvalue weighted by Gasteiger charge is 2.49. The fourth-order valence-corrected chi connectivity index (χ4v) is 3.61. The third-order valence-electron chi connectivity index (χ3n) is 5.23. The maximum Gasteiger partial charge on any atom is 0.227 e. The van der Waals surface area contributed by atoms with Crippen LogP contribution in [0.4, 0.5) is 0 Å². The van der Waals surface area contributed by atoms with Crippen molar-refractivity contribution in [3.63, 3.8) is 0 Å². The lowest BCUT2D eigenvalue weighted by atomic mass is 10.0. The van der Waals surface area contributed by atoms with Gasteiger partial charge in [-0.15, -0.1) is 0 Å². The summed E-state index contributed by atoms with van der Waals surface area (Å²) in [6.07, 6.45) is 2.81. The summed E-state index contributed by atoms with van der Waals surface area (Å²) < 4.78 is 2.76. The van der Waals surface area contributed by atoms with Crippen LogP contribution in [0.5, 0.6) is 0 Å². The molecule has 0 radical (unpaired) electrons. The lowest BCUT2D eigenvalue weighted by Gasteiger charge is -2.57. The predicted molar refractivity (Wildman–Crippen MR) is 70.4 cm³/mol. The van der Waals surface area contributed by atoms with E-state index in [-0.39, 0.29) is 0 Å². The van der Waals surface area contributed by atoms with Crippen LogP contribution < -0.4 is 10.7 Å². The van der Waals surface area contributed by atoms with E-state index in [0.717, 1.165) is 12.6 Å². The lowest BCUT2D eigenvalue weighted by Crippen LogP contribution is -2.77. The van der Waals surface area contributed by atoms with Crippen LogP contribution in [0.1, 0.15) is 20.3 Å². The molecule has 0 aromatic heterocycles. The van der Waals surface area contributed by atoms with Crippen LogP contribution in [0.15, 0.2) is 0 Å². The molecular weight excluding hydrogens is 212 g/mol. The van der Waals surface area contributed by atoms with Crippen LogP contribution in [0, 0.1) is 0 Å². The summed E-state index contributed by atoms with van der Waals surface area (Å²) >= 11 is 0.